The van der Waals surface area contributed by atoms with Gasteiger partial charge in [-0.2, -0.15) is 5.26 Å². The van der Waals surface area contributed by atoms with E-state index >= 15 is 0 Å². The molecule has 43 heavy (non-hydrogen) atoms. The first-order valence-electron chi connectivity index (χ1n) is 13.5. The minimum atomic E-state index is -0.508. The van der Waals surface area contributed by atoms with Crippen LogP contribution in [-0.2, 0) is 0 Å². The van der Waals surface area contributed by atoms with Gasteiger partial charge in [-0.05, 0) is 59.7 Å². The van der Waals surface area contributed by atoms with Crippen LogP contribution in [0.15, 0.2) is 117 Å². The number of hydrogen-bond donors (Lipinski definition) is 0. The predicted octanol–water partition coefficient (Wildman–Crippen LogP) is 9.60. The van der Waals surface area contributed by atoms with Crippen LogP contribution < -0.4 is 9.80 Å². The van der Waals surface area contributed by atoms with E-state index in [9.17, 15) is 5.26 Å². The number of para-hydroxylation sites is 2. The van der Waals surface area contributed by atoms with Gasteiger partial charge in [0.2, 0.25) is 0 Å². The van der Waals surface area contributed by atoms with Crippen LogP contribution >= 0.6 is 46.3 Å². The molecule has 0 fully saturated rings. The van der Waals surface area contributed by atoms with Crippen molar-refractivity contribution in [1.29, 1.82) is 5.26 Å². The molecule has 0 saturated heterocycles. The molecule has 0 saturated carbocycles. The highest BCUT2D eigenvalue weighted by Crippen LogP contribution is 2.58. The van der Waals surface area contributed by atoms with Crippen LogP contribution in [0.3, 0.4) is 0 Å². The van der Waals surface area contributed by atoms with Crippen LogP contribution in [-0.4, -0.2) is 25.3 Å². The SMILES string of the molecule is CN(C)c1ccc(/C=N/C2=C(c3nc4ccccc4s3)C(c3ccc(Cl)cc3Cl)C(C#N)=C3Sc4ccccc4N23)cc1. The van der Waals surface area contributed by atoms with Gasteiger partial charge in [-0.1, -0.05) is 77.4 Å². The number of aliphatic imine (C=N–C) groups is 1. The third-order valence-corrected chi connectivity index (χ3v) is 10.2. The Hall–Kier alpha value is -4.06. The van der Waals surface area contributed by atoms with Gasteiger partial charge >= 0.3 is 0 Å². The number of thioether (sulfide) groups is 1. The van der Waals surface area contributed by atoms with Crippen molar-refractivity contribution in [1.82, 2.24) is 4.98 Å². The van der Waals surface area contributed by atoms with Gasteiger partial charge in [0.15, 0.2) is 0 Å². The van der Waals surface area contributed by atoms with Gasteiger partial charge in [0.05, 0.1) is 33.5 Å². The fourth-order valence-electron chi connectivity index (χ4n) is 5.38. The number of benzene rings is 4. The first-order valence-corrected chi connectivity index (χ1v) is 15.9. The van der Waals surface area contributed by atoms with Crippen molar-refractivity contribution in [3.05, 3.63) is 134 Å². The number of allylic oxidation sites excluding steroid dienone is 2. The van der Waals surface area contributed by atoms with Crippen molar-refractivity contribution in [2.24, 2.45) is 4.99 Å². The zero-order valence-corrected chi connectivity index (χ0v) is 26.3. The molecule has 7 rings (SSSR count). The molecule has 0 N–H and O–H groups in total. The summed E-state index contributed by atoms with van der Waals surface area (Å²) in [5, 5.41) is 13.4. The Bertz CT molecular complexity index is 2000. The Labute approximate surface area is 268 Å². The molecule has 3 heterocycles. The molecule has 5 aromatic rings. The molecular formula is C34H23Cl2N5S2. The largest absolute Gasteiger partial charge is 0.378 e. The van der Waals surface area contributed by atoms with E-state index in [4.69, 9.17) is 33.2 Å². The summed E-state index contributed by atoms with van der Waals surface area (Å²) in [7, 11) is 4.04. The average Bonchev–Trinajstić information content (AvgIpc) is 3.61. The number of nitriles is 1. The van der Waals surface area contributed by atoms with Crippen molar-refractivity contribution in [2.75, 3.05) is 23.9 Å². The van der Waals surface area contributed by atoms with Crippen molar-refractivity contribution >= 4 is 79.7 Å². The Morgan fingerprint density at radius 2 is 1.74 bits per heavy atom. The summed E-state index contributed by atoms with van der Waals surface area (Å²) in [6.07, 6.45) is 1.88. The Morgan fingerprint density at radius 1 is 0.977 bits per heavy atom. The van der Waals surface area contributed by atoms with Gasteiger partial charge in [-0.25, -0.2) is 9.98 Å². The van der Waals surface area contributed by atoms with E-state index in [0.29, 0.717) is 21.4 Å². The molecule has 0 bridgehead atoms. The third-order valence-electron chi connectivity index (χ3n) is 7.44. The van der Waals surface area contributed by atoms with Crippen molar-refractivity contribution in [3.8, 4) is 6.07 Å². The van der Waals surface area contributed by atoms with E-state index < -0.39 is 5.92 Å². The number of aromatic nitrogens is 1. The lowest BCUT2D eigenvalue weighted by molar-refractivity contribution is 0.943. The van der Waals surface area contributed by atoms with Crippen LogP contribution in [0, 0.1) is 11.3 Å². The summed E-state index contributed by atoms with van der Waals surface area (Å²) < 4.78 is 1.05. The maximum Gasteiger partial charge on any atom is 0.145 e. The van der Waals surface area contributed by atoms with Crippen LogP contribution in [0.2, 0.25) is 10.0 Å². The lowest BCUT2D eigenvalue weighted by Crippen LogP contribution is -2.27. The van der Waals surface area contributed by atoms with E-state index in [-0.39, 0.29) is 0 Å². The van der Waals surface area contributed by atoms with Crippen LogP contribution in [0.25, 0.3) is 15.8 Å². The van der Waals surface area contributed by atoms with Crippen molar-refractivity contribution in [3.63, 3.8) is 0 Å². The number of rotatable bonds is 5. The van der Waals surface area contributed by atoms with E-state index in [0.717, 1.165) is 53.2 Å². The minimum absolute atomic E-state index is 0.487. The first kappa shape index (κ1) is 27.8. The molecule has 210 valence electrons. The van der Waals surface area contributed by atoms with Crippen LogP contribution in [0.5, 0.6) is 0 Å². The number of anilines is 2. The normalized spacial score (nSPS) is 16.2. The molecule has 5 nitrogen and oxygen atoms in total. The number of halogens is 2. The molecule has 0 amide bonds. The summed E-state index contributed by atoms with van der Waals surface area (Å²) in [5.74, 6) is 0.199. The average molecular weight is 637 g/mol. The Kier molecular flexibility index (Phi) is 7.24. The zero-order chi connectivity index (χ0) is 29.7. The quantitative estimate of drug-likeness (QED) is 0.180. The topological polar surface area (TPSA) is 55.5 Å². The molecule has 2 aliphatic rings. The number of hydrogen-bond acceptors (Lipinski definition) is 7. The zero-order valence-electron chi connectivity index (χ0n) is 23.1. The van der Waals surface area contributed by atoms with Gasteiger partial charge in [-0.15, -0.1) is 11.3 Å². The second-order valence-electron chi connectivity index (χ2n) is 10.3. The number of nitrogens with zero attached hydrogens (tertiary/aromatic N) is 5. The molecule has 0 radical (unpaired) electrons. The smallest absolute Gasteiger partial charge is 0.145 e. The van der Waals surface area contributed by atoms with Crippen LogP contribution in [0.4, 0.5) is 11.4 Å². The fourth-order valence-corrected chi connectivity index (χ4v) is 8.10. The number of thiazole rings is 1. The summed E-state index contributed by atoms with van der Waals surface area (Å²) in [6, 6.07) is 32.5. The molecule has 0 spiro atoms. The van der Waals surface area contributed by atoms with Gasteiger partial charge in [0.25, 0.3) is 0 Å². The summed E-state index contributed by atoms with van der Waals surface area (Å²) in [6.45, 7) is 0. The third kappa shape index (κ3) is 4.91. The molecule has 0 aliphatic carbocycles. The van der Waals surface area contributed by atoms with E-state index in [2.05, 4.69) is 58.3 Å². The first-order chi connectivity index (χ1) is 20.9. The highest BCUT2D eigenvalue weighted by molar-refractivity contribution is 8.03. The lowest BCUT2D eigenvalue weighted by atomic mass is 9.83. The molecular weight excluding hydrogens is 613 g/mol. The van der Waals surface area contributed by atoms with Crippen LogP contribution in [0.1, 0.15) is 22.1 Å². The van der Waals surface area contributed by atoms with Crippen molar-refractivity contribution in [2.45, 2.75) is 10.8 Å². The highest BCUT2D eigenvalue weighted by Gasteiger charge is 2.43. The Morgan fingerprint density at radius 3 is 2.49 bits per heavy atom. The maximum absolute atomic E-state index is 10.8. The van der Waals surface area contributed by atoms with E-state index in [1.807, 2.05) is 62.8 Å². The monoisotopic (exact) mass is 635 g/mol. The molecule has 1 aromatic heterocycles. The minimum Gasteiger partial charge on any atom is -0.378 e. The van der Waals surface area contributed by atoms with Gasteiger partial charge in [0, 0.05) is 46.5 Å². The second kappa shape index (κ2) is 11.2. The molecule has 9 heteroatoms. The fraction of sp³-hybridized carbons (Fsp3) is 0.0882. The molecule has 2 aliphatic heterocycles. The highest BCUT2D eigenvalue weighted by atomic mass is 35.5. The summed E-state index contributed by atoms with van der Waals surface area (Å²) >= 11 is 16.4. The maximum atomic E-state index is 10.8. The summed E-state index contributed by atoms with van der Waals surface area (Å²) in [5.41, 5.74) is 6.13. The molecule has 1 unspecified atom stereocenters. The predicted molar refractivity (Wildman–Crippen MR) is 182 cm³/mol. The molecule has 1 atom stereocenters. The van der Waals surface area contributed by atoms with Crippen molar-refractivity contribution < 1.29 is 0 Å². The summed E-state index contributed by atoms with van der Waals surface area (Å²) in [4.78, 5) is 15.5. The molecule has 4 aromatic carbocycles. The number of fused-ring (bicyclic) bond motifs is 4. The van der Waals surface area contributed by atoms with E-state index in [1.165, 1.54) is 0 Å². The van der Waals surface area contributed by atoms with Gasteiger partial charge in [0.1, 0.15) is 15.9 Å². The standard InChI is InChI=1S/C34H23Cl2N5S2/c1-40(2)22-14-11-20(12-15-22)19-38-32-31(33-39-26-7-3-5-9-28(26)42-33)30(23-16-13-21(35)17-25(23)36)24(18-37)34-41(32)27-8-4-6-10-29(27)43-34/h3-17,19,30H,1-2H3/b38-19+. The van der Waals surface area contributed by atoms with Gasteiger partial charge < -0.3 is 4.90 Å². The Balaban J connectivity index is 1.53. The second-order valence-corrected chi connectivity index (χ2v) is 13.2. The lowest BCUT2D eigenvalue weighted by Gasteiger charge is -2.33. The van der Waals surface area contributed by atoms with Gasteiger partial charge in [-0.3, -0.25) is 4.90 Å². The van der Waals surface area contributed by atoms with E-state index in [1.54, 1.807) is 29.2 Å².